The van der Waals surface area contributed by atoms with Gasteiger partial charge in [0.25, 0.3) is 0 Å². The van der Waals surface area contributed by atoms with Gasteiger partial charge in [-0.05, 0) is 35.4 Å². The molecule has 0 saturated carbocycles. The highest BCUT2D eigenvalue weighted by atomic mass is 16.6. The van der Waals surface area contributed by atoms with Gasteiger partial charge in [0.05, 0.1) is 7.11 Å². The molecule has 5 nitrogen and oxygen atoms in total. The Morgan fingerprint density at radius 3 is 2.67 bits per heavy atom. The minimum atomic E-state index is -0.505. The Morgan fingerprint density at radius 2 is 1.93 bits per heavy atom. The summed E-state index contributed by atoms with van der Waals surface area (Å²) in [4.78, 5) is 16.3. The van der Waals surface area contributed by atoms with Crippen molar-refractivity contribution in [3.05, 3.63) is 71.4 Å². The average molecular weight is 359 g/mol. The van der Waals surface area contributed by atoms with E-state index in [1.165, 1.54) is 7.11 Å². The van der Waals surface area contributed by atoms with Crippen molar-refractivity contribution in [3.8, 4) is 23.8 Å². The van der Waals surface area contributed by atoms with Crippen LogP contribution in [0.4, 0.5) is 0 Å². The summed E-state index contributed by atoms with van der Waals surface area (Å²) in [5.41, 5.74) is 1.92. The van der Waals surface area contributed by atoms with Gasteiger partial charge in [-0.25, -0.2) is 9.79 Å². The number of hydrogen-bond acceptors (Lipinski definition) is 5. The molecule has 0 N–H and O–H groups in total. The Hall–Kier alpha value is -3.78. The molecule has 1 heterocycles. The highest BCUT2D eigenvalue weighted by Gasteiger charge is 2.21. The van der Waals surface area contributed by atoms with Crippen molar-refractivity contribution in [1.29, 1.82) is 0 Å². The summed E-state index contributed by atoms with van der Waals surface area (Å²) in [6.07, 6.45) is 10.3. The molecule has 0 spiro atoms. The molecular weight excluding hydrogens is 342 g/mol. The predicted octanol–water partition coefficient (Wildman–Crippen LogP) is 3.72. The van der Waals surface area contributed by atoms with E-state index in [-0.39, 0.29) is 18.2 Å². The minimum Gasteiger partial charge on any atom is -0.493 e. The van der Waals surface area contributed by atoms with E-state index in [1.54, 1.807) is 30.4 Å². The largest absolute Gasteiger partial charge is 0.493 e. The topological polar surface area (TPSA) is 57.1 Å². The first-order valence-corrected chi connectivity index (χ1v) is 8.19. The fourth-order valence-electron chi connectivity index (χ4n) is 2.40. The summed E-state index contributed by atoms with van der Waals surface area (Å²) < 4.78 is 15.9. The summed E-state index contributed by atoms with van der Waals surface area (Å²) in [6, 6.07) is 14.9. The summed E-state index contributed by atoms with van der Waals surface area (Å²) >= 11 is 0. The standard InChI is InChI=1S/C22H17NO4/c1-3-13-26-19-11-9-17(15-20(19)25-2)14-18-22(24)27-21(23-18)12-10-16-7-5-4-6-8-16/h1,4-12,14-15H,13H2,2H3/b12-10+,18-14+. The highest BCUT2D eigenvalue weighted by molar-refractivity contribution is 6.11. The van der Waals surface area contributed by atoms with Gasteiger partial charge < -0.3 is 14.2 Å². The summed E-state index contributed by atoms with van der Waals surface area (Å²) in [5.74, 6) is 3.18. The lowest BCUT2D eigenvalue weighted by molar-refractivity contribution is -0.129. The first-order chi connectivity index (χ1) is 13.2. The highest BCUT2D eigenvalue weighted by Crippen LogP contribution is 2.29. The molecule has 0 radical (unpaired) electrons. The Morgan fingerprint density at radius 1 is 1.11 bits per heavy atom. The van der Waals surface area contributed by atoms with Crippen LogP contribution in [-0.2, 0) is 9.53 Å². The monoisotopic (exact) mass is 359 g/mol. The van der Waals surface area contributed by atoms with Gasteiger partial charge in [-0.1, -0.05) is 42.3 Å². The second-order valence-corrected chi connectivity index (χ2v) is 5.52. The van der Waals surface area contributed by atoms with E-state index in [1.807, 2.05) is 36.4 Å². The fraction of sp³-hybridized carbons (Fsp3) is 0.0909. The summed E-state index contributed by atoms with van der Waals surface area (Å²) in [5, 5.41) is 0. The van der Waals surface area contributed by atoms with Gasteiger partial charge in [-0.2, -0.15) is 0 Å². The van der Waals surface area contributed by atoms with Gasteiger partial charge in [-0.3, -0.25) is 0 Å². The van der Waals surface area contributed by atoms with E-state index < -0.39 is 5.97 Å². The van der Waals surface area contributed by atoms with Gasteiger partial charge in [0, 0.05) is 6.08 Å². The number of esters is 1. The molecule has 2 aromatic carbocycles. The van der Waals surface area contributed by atoms with Gasteiger partial charge in [-0.15, -0.1) is 6.42 Å². The molecular formula is C22H17NO4. The molecule has 0 saturated heterocycles. The lowest BCUT2D eigenvalue weighted by Crippen LogP contribution is -2.01. The molecule has 0 unspecified atom stereocenters. The Bertz CT molecular complexity index is 966. The molecule has 0 bridgehead atoms. The smallest absolute Gasteiger partial charge is 0.363 e. The van der Waals surface area contributed by atoms with Crippen molar-refractivity contribution in [3.63, 3.8) is 0 Å². The molecule has 1 aliphatic heterocycles. The number of benzene rings is 2. The Balaban J connectivity index is 1.80. The predicted molar refractivity (Wildman–Crippen MR) is 104 cm³/mol. The minimum absolute atomic E-state index is 0.143. The lowest BCUT2D eigenvalue weighted by Gasteiger charge is -2.09. The normalized spacial score (nSPS) is 14.7. The number of rotatable bonds is 6. The molecule has 0 aliphatic carbocycles. The number of carbonyl (C=O) groups excluding carboxylic acids is 1. The van der Waals surface area contributed by atoms with Gasteiger partial charge >= 0.3 is 5.97 Å². The zero-order chi connectivity index (χ0) is 19.1. The van der Waals surface area contributed by atoms with Gasteiger partial charge in [0.15, 0.2) is 17.2 Å². The molecule has 27 heavy (non-hydrogen) atoms. The van der Waals surface area contributed by atoms with Gasteiger partial charge in [0.2, 0.25) is 5.90 Å². The van der Waals surface area contributed by atoms with Crippen LogP contribution in [0, 0.1) is 12.3 Å². The van der Waals surface area contributed by atoms with E-state index in [4.69, 9.17) is 20.6 Å². The lowest BCUT2D eigenvalue weighted by atomic mass is 10.1. The third-order valence-corrected chi connectivity index (χ3v) is 3.66. The van der Waals surface area contributed by atoms with Crippen molar-refractivity contribution in [2.75, 3.05) is 13.7 Å². The maximum atomic E-state index is 12.0. The van der Waals surface area contributed by atoms with Gasteiger partial charge in [0.1, 0.15) is 6.61 Å². The van der Waals surface area contributed by atoms with Crippen LogP contribution in [0.25, 0.3) is 12.2 Å². The number of methoxy groups -OCH3 is 1. The molecule has 0 aromatic heterocycles. The van der Waals surface area contributed by atoms with E-state index in [0.717, 1.165) is 11.1 Å². The number of ether oxygens (including phenoxy) is 3. The van der Waals surface area contributed by atoms with E-state index in [0.29, 0.717) is 11.5 Å². The van der Waals surface area contributed by atoms with Crippen molar-refractivity contribution in [2.45, 2.75) is 0 Å². The second-order valence-electron chi connectivity index (χ2n) is 5.52. The van der Waals surface area contributed by atoms with Crippen LogP contribution in [-0.4, -0.2) is 25.6 Å². The number of cyclic esters (lactones) is 1. The zero-order valence-electron chi connectivity index (χ0n) is 14.7. The number of hydrogen-bond donors (Lipinski definition) is 0. The van der Waals surface area contributed by atoms with Crippen LogP contribution in [0.2, 0.25) is 0 Å². The SMILES string of the molecule is C#CCOc1ccc(/C=C2N=C(/C=C/c3ccccc3)OC/2=O)cc1OC. The molecule has 0 atom stereocenters. The van der Waals surface area contributed by atoms with E-state index in [2.05, 4.69) is 10.9 Å². The fourth-order valence-corrected chi connectivity index (χ4v) is 2.40. The maximum Gasteiger partial charge on any atom is 0.363 e. The molecule has 0 fully saturated rings. The molecule has 2 aromatic rings. The van der Waals surface area contributed by atoms with Crippen molar-refractivity contribution >= 4 is 24.0 Å². The van der Waals surface area contributed by atoms with Crippen LogP contribution >= 0.6 is 0 Å². The number of nitrogens with zero attached hydrogens (tertiary/aromatic N) is 1. The molecule has 134 valence electrons. The van der Waals surface area contributed by atoms with Crippen molar-refractivity contribution in [1.82, 2.24) is 0 Å². The molecule has 3 rings (SSSR count). The van der Waals surface area contributed by atoms with Crippen LogP contribution in [0.1, 0.15) is 11.1 Å². The number of aliphatic imine (C=N–C) groups is 1. The third kappa shape index (κ3) is 4.65. The zero-order valence-corrected chi connectivity index (χ0v) is 14.7. The maximum absolute atomic E-state index is 12.0. The van der Waals surface area contributed by atoms with Crippen LogP contribution in [0.5, 0.6) is 11.5 Å². The van der Waals surface area contributed by atoms with Crippen LogP contribution in [0.15, 0.2) is 65.3 Å². The summed E-state index contributed by atoms with van der Waals surface area (Å²) in [7, 11) is 1.53. The van der Waals surface area contributed by atoms with E-state index >= 15 is 0 Å². The Labute approximate surface area is 157 Å². The summed E-state index contributed by atoms with van der Waals surface area (Å²) in [6.45, 7) is 0.143. The van der Waals surface area contributed by atoms with Crippen molar-refractivity contribution in [2.24, 2.45) is 4.99 Å². The van der Waals surface area contributed by atoms with Crippen molar-refractivity contribution < 1.29 is 19.0 Å². The first-order valence-electron chi connectivity index (χ1n) is 8.19. The number of terminal acetylenes is 1. The number of carbonyl (C=O) groups is 1. The van der Waals surface area contributed by atoms with Crippen LogP contribution < -0.4 is 9.47 Å². The molecule has 0 amide bonds. The quantitative estimate of drug-likeness (QED) is 0.448. The first kappa shape index (κ1) is 18.0. The van der Waals surface area contributed by atoms with E-state index in [9.17, 15) is 4.79 Å². The second kappa shape index (κ2) is 8.54. The Kier molecular flexibility index (Phi) is 5.70. The third-order valence-electron chi connectivity index (χ3n) is 3.66. The van der Waals surface area contributed by atoms with Crippen LogP contribution in [0.3, 0.4) is 0 Å². The average Bonchev–Trinajstić information content (AvgIpc) is 3.05. The molecule has 5 heteroatoms. The molecule has 1 aliphatic rings.